The number of halogens is 3. The smallest absolute Gasteiger partial charge is 0.416 e. The summed E-state index contributed by atoms with van der Waals surface area (Å²) >= 11 is 6.46. The second-order valence-electron chi connectivity index (χ2n) is 7.43. The molecular weight excluding hydrogens is 501 g/mol. The molecule has 0 spiro atoms. The first-order valence-electron chi connectivity index (χ1n) is 10.0. The molecular formula is C24H15F3N2O4S2. The van der Waals surface area contributed by atoms with E-state index in [1.807, 2.05) is 19.1 Å². The Morgan fingerprint density at radius 1 is 1.06 bits per heavy atom. The van der Waals surface area contributed by atoms with Crippen LogP contribution in [0.5, 0.6) is 11.5 Å². The van der Waals surface area contributed by atoms with Crippen LogP contribution in [0.25, 0.3) is 6.08 Å². The van der Waals surface area contributed by atoms with Crippen molar-refractivity contribution >= 4 is 51.7 Å². The minimum absolute atomic E-state index is 0.121. The van der Waals surface area contributed by atoms with Crippen LogP contribution in [-0.4, -0.2) is 15.2 Å². The first-order valence-corrected chi connectivity index (χ1v) is 11.2. The minimum atomic E-state index is -4.74. The van der Waals surface area contributed by atoms with E-state index in [1.165, 1.54) is 17.0 Å². The maximum Gasteiger partial charge on any atom is 0.416 e. The summed E-state index contributed by atoms with van der Waals surface area (Å²) in [6.07, 6.45) is -3.22. The molecule has 11 heteroatoms. The number of carbonyl (C=O) groups is 1. The molecule has 1 aliphatic heterocycles. The summed E-state index contributed by atoms with van der Waals surface area (Å²) in [5.74, 6) is -0.591. The number of thioether (sulfide) groups is 1. The van der Waals surface area contributed by atoms with Gasteiger partial charge in [-0.05, 0) is 43.3 Å². The number of hydrogen-bond donors (Lipinski definition) is 0. The molecule has 35 heavy (non-hydrogen) atoms. The van der Waals surface area contributed by atoms with Crippen molar-refractivity contribution in [1.29, 1.82) is 0 Å². The van der Waals surface area contributed by atoms with Gasteiger partial charge in [-0.1, -0.05) is 59.9 Å². The monoisotopic (exact) mass is 516 g/mol. The maximum atomic E-state index is 13.1. The van der Waals surface area contributed by atoms with Crippen LogP contribution in [-0.2, 0) is 11.0 Å². The van der Waals surface area contributed by atoms with Gasteiger partial charge in [0.1, 0.15) is 5.75 Å². The Balaban J connectivity index is 1.67. The van der Waals surface area contributed by atoms with Gasteiger partial charge in [0, 0.05) is 11.6 Å². The van der Waals surface area contributed by atoms with Crippen LogP contribution >= 0.6 is 24.0 Å². The molecule has 1 heterocycles. The van der Waals surface area contributed by atoms with E-state index in [9.17, 15) is 28.1 Å². The molecule has 178 valence electrons. The maximum absolute atomic E-state index is 13.1. The average Bonchev–Trinajstić information content (AvgIpc) is 3.08. The van der Waals surface area contributed by atoms with Gasteiger partial charge < -0.3 is 4.74 Å². The Kier molecular flexibility index (Phi) is 6.64. The van der Waals surface area contributed by atoms with Crippen LogP contribution in [0.1, 0.15) is 16.7 Å². The van der Waals surface area contributed by atoms with Crippen molar-refractivity contribution in [1.82, 2.24) is 0 Å². The molecule has 0 aliphatic carbocycles. The number of nitro benzene ring substituents is 1. The second-order valence-corrected chi connectivity index (χ2v) is 9.11. The van der Waals surface area contributed by atoms with Crippen molar-refractivity contribution in [3.05, 3.63) is 98.4 Å². The van der Waals surface area contributed by atoms with Gasteiger partial charge in [-0.2, -0.15) is 13.2 Å². The summed E-state index contributed by atoms with van der Waals surface area (Å²) in [6.45, 7) is 1.92. The van der Waals surface area contributed by atoms with Gasteiger partial charge in [0.05, 0.1) is 21.1 Å². The lowest BCUT2D eigenvalue weighted by Gasteiger charge is -2.14. The molecule has 3 aromatic rings. The van der Waals surface area contributed by atoms with Gasteiger partial charge in [-0.3, -0.25) is 19.8 Å². The van der Waals surface area contributed by atoms with E-state index in [1.54, 1.807) is 30.3 Å². The molecule has 6 nitrogen and oxygen atoms in total. The zero-order chi connectivity index (χ0) is 25.3. The molecule has 0 unspecified atom stereocenters. The van der Waals surface area contributed by atoms with E-state index < -0.39 is 22.4 Å². The number of alkyl halides is 3. The number of nitro groups is 1. The molecule has 1 fully saturated rings. The molecule has 0 atom stereocenters. The fourth-order valence-corrected chi connectivity index (χ4v) is 4.55. The number of thiocarbonyl (C=S) groups is 1. The van der Waals surface area contributed by atoms with Gasteiger partial charge in [-0.15, -0.1) is 0 Å². The largest absolute Gasteiger partial charge is 0.449 e. The molecule has 1 aliphatic rings. The number of rotatable bonds is 5. The topological polar surface area (TPSA) is 72.7 Å². The molecule has 3 aromatic carbocycles. The summed E-state index contributed by atoms with van der Waals surface area (Å²) in [4.78, 5) is 25.2. The normalized spacial score (nSPS) is 15.1. The molecule has 0 aromatic heterocycles. The number of nitrogens with zero attached hydrogens (tertiary/aromatic N) is 2. The van der Waals surface area contributed by atoms with Gasteiger partial charge in [-0.25, -0.2) is 0 Å². The average molecular weight is 517 g/mol. The Hall–Kier alpha value is -3.70. The fraction of sp³-hybridized carbons (Fsp3) is 0.0833. The zero-order valence-electron chi connectivity index (χ0n) is 17.9. The van der Waals surface area contributed by atoms with Crippen LogP contribution in [0.4, 0.5) is 24.5 Å². The molecule has 0 bridgehead atoms. The number of anilines is 1. The summed E-state index contributed by atoms with van der Waals surface area (Å²) in [5, 5.41) is 11.4. The Labute approximate surface area is 207 Å². The highest BCUT2D eigenvalue weighted by Gasteiger charge is 2.35. The number of hydrogen-bond acceptors (Lipinski definition) is 6. The summed E-state index contributed by atoms with van der Waals surface area (Å²) in [5.41, 5.74) is 0.0422. The number of ether oxygens (including phenoxy) is 1. The predicted octanol–water partition coefficient (Wildman–Crippen LogP) is 7.12. The fourth-order valence-electron chi connectivity index (χ4n) is 3.26. The van der Waals surface area contributed by atoms with Crippen LogP contribution in [0.2, 0.25) is 0 Å². The van der Waals surface area contributed by atoms with Crippen LogP contribution < -0.4 is 9.64 Å². The number of para-hydroxylation sites is 1. The molecule has 0 N–H and O–H groups in total. The lowest BCUT2D eigenvalue weighted by molar-refractivity contribution is -0.385. The van der Waals surface area contributed by atoms with E-state index in [-0.39, 0.29) is 17.4 Å². The number of amides is 1. The third-order valence-electron chi connectivity index (χ3n) is 4.99. The lowest BCUT2D eigenvalue weighted by Crippen LogP contribution is -2.27. The highest BCUT2D eigenvalue weighted by atomic mass is 32.2. The van der Waals surface area contributed by atoms with Crippen LogP contribution in [0, 0.1) is 17.0 Å². The zero-order valence-corrected chi connectivity index (χ0v) is 19.5. The molecule has 0 saturated carbocycles. The second kappa shape index (κ2) is 9.51. The van der Waals surface area contributed by atoms with Crippen molar-refractivity contribution in [2.75, 3.05) is 4.90 Å². The summed E-state index contributed by atoms with van der Waals surface area (Å²) in [6, 6.07) is 15.7. The van der Waals surface area contributed by atoms with E-state index in [0.717, 1.165) is 23.4 Å². The summed E-state index contributed by atoms with van der Waals surface area (Å²) in [7, 11) is 0. The van der Waals surface area contributed by atoms with Crippen molar-refractivity contribution in [2.24, 2.45) is 0 Å². The molecule has 0 radical (unpaired) electrons. The SMILES string of the molecule is Cc1ccc(N2C(=O)/C(=C/c3ccccc3Oc3ccc(C(F)(F)F)cc3[N+](=O)[O-])SC2=S)cc1. The van der Waals surface area contributed by atoms with Crippen LogP contribution in [0.15, 0.2) is 71.6 Å². The standard InChI is InChI=1S/C24H15F3N2O4S2/c1-14-6-9-17(10-7-14)28-22(30)21(35-23(28)34)12-15-4-2-3-5-19(15)33-20-11-8-16(24(25,26)27)13-18(20)29(31)32/h2-13H,1H3/b21-12-. The van der Waals surface area contributed by atoms with Gasteiger partial charge >= 0.3 is 11.9 Å². The highest BCUT2D eigenvalue weighted by molar-refractivity contribution is 8.27. The van der Waals surface area contributed by atoms with Gasteiger partial charge in [0.25, 0.3) is 5.91 Å². The van der Waals surface area contributed by atoms with Crippen molar-refractivity contribution in [2.45, 2.75) is 13.1 Å². The van der Waals surface area contributed by atoms with Gasteiger partial charge in [0.2, 0.25) is 5.75 Å². The van der Waals surface area contributed by atoms with E-state index in [2.05, 4.69) is 0 Å². The molecule has 4 rings (SSSR count). The first-order chi connectivity index (χ1) is 16.5. The van der Waals surface area contributed by atoms with E-state index >= 15 is 0 Å². The molecule has 1 amide bonds. The Morgan fingerprint density at radius 2 is 1.74 bits per heavy atom. The lowest BCUT2D eigenvalue weighted by atomic mass is 10.1. The number of carbonyl (C=O) groups excluding carboxylic acids is 1. The third-order valence-corrected chi connectivity index (χ3v) is 6.30. The van der Waals surface area contributed by atoms with Crippen molar-refractivity contribution in [3.8, 4) is 11.5 Å². The van der Waals surface area contributed by atoms with E-state index in [0.29, 0.717) is 32.6 Å². The predicted molar refractivity (Wildman–Crippen MR) is 131 cm³/mol. The van der Waals surface area contributed by atoms with E-state index in [4.69, 9.17) is 17.0 Å². The van der Waals surface area contributed by atoms with Crippen molar-refractivity contribution < 1.29 is 27.6 Å². The third kappa shape index (κ3) is 5.20. The highest BCUT2D eigenvalue weighted by Crippen LogP contribution is 2.40. The first kappa shape index (κ1) is 24.4. The molecule has 1 saturated heterocycles. The summed E-state index contributed by atoms with van der Waals surface area (Å²) < 4.78 is 45.0. The quantitative estimate of drug-likeness (QED) is 0.156. The number of aryl methyl sites for hydroxylation is 1. The van der Waals surface area contributed by atoms with Crippen LogP contribution in [0.3, 0.4) is 0 Å². The Bertz CT molecular complexity index is 1370. The Morgan fingerprint density at radius 3 is 2.40 bits per heavy atom. The number of benzene rings is 3. The van der Waals surface area contributed by atoms with Crippen molar-refractivity contribution in [3.63, 3.8) is 0 Å². The minimum Gasteiger partial charge on any atom is -0.449 e. The van der Waals surface area contributed by atoms with Gasteiger partial charge in [0.15, 0.2) is 4.32 Å².